The molecule has 162 valence electrons. The summed E-state index contributed by atoms with van der Waals surface area (Å²) in [5.41, 5.74) is 2.54. The molecular formula is C25H28N2O4. The van der Waals surface area contributed by atoms with E-state index in [4.69, 9.17) is 14.2 Å². The van der Waals surface area contributed by atoms with E-state index < -0.39 is 5.97 Å². The van der Waals surface area contributed by atoms with Gasteiger partial charge in [0.1, 0.15) is 22.6 Å². The van der Waals surface area contributed by atoms with Crippen molar-refractivity contribution in [1.29, 1.82) is 0 Å². The van der Waals surface area contributed by atoms with Crippen LogP contribution >= 0.6 is 0 Å². The van der Waals surface area contributed by atoms with Crippen molar-refractivity contribution < 1.29 is 19.0 Å². The molecule has 1 aromatic heterocycles. The normalized spacial score (nSPS) is 14.3. The molecule has 1 saturated carbocycles. The number of benzene rings is 2. The third-order valence-electron chi connectivity index (χ3n) is 5.55. The minimum atomic E-state index is -0.417. The zero-order valence-corrected chi connectivity index (χ0v) is 18.0. The summed E-state index contributed by atoms with van der Waals surface area (Å²) in [6.07, 6.45) is 7.85. The number of rotatable bonds is 7. The Morgan fingerprint density at radius 3 is 2.58 bits per heavy atom. The fraction of sp³-hybridized carbons (Fsp3) is 0.360. The smallest absolute Gasteiger partial charge is 0.341 e. The molecule has 0 spiro atoms. The largest absolute Gasteiger partial charge is 0.494 e. The molecule has 1 N–H and O–H groups in total. The maximum absolute atomic E-state index is 12.6. The van der Waals surface area contributed by atoms with Crippen LogP contribution in [0.4, 0.5) is 11.4 Å². The molecule has 4 rings (SSSR count). The zero-order chi connectivity index (χ0) is 21.6. The molecule has 1 heterocycles. The van der Waals surface area contributed by atoms with Gasteiger partial charge in [0.25, 0.3) is 0 Å². The Labute approximate surface area is 182 Å². The molecule has 0 atom stereocenters. The average molecular weight is 421 g/mol. The van der Waals surface area contributed by atoms with Gasteiger partial charge in [-0.05, 0) is 62.9 Å². The molecule has 1 aliphatic carbocycles. The van der Waals surface area contributed by atoms with E-state index in [1.807, 2.05) is 42.5 Å². The molecule has 31 heavy (non-hydrogen) atoms. The van der Waals surface area contributed by atoms with Crippen LogP contribution in [0.1, 0.15) is 49.4 Å². The van der Waals surface area contributed by atoms with Crippen molar-refractivity contribution in [1.82, 2.24) is 4.98 Å². The summed E-state index contributed by atoms with van der Waals surface area (Å²) in [4.78, 5) is 17.0. The summed E-state index contributed by atoms with van der Waals surface area (Å²) in [7, 11) is 1.61. The Morgan fingerprint density at radius 2 is 1.87 bits per heavy atom. The lowest BCUT2D eigenvalue weighted by Gasteiger charge is -2.23. The standard InChI is InChI=1S/C25H28N2O4/c1-3-30-25(28)21-16-26-24-20(10-7-11-22(24)29-2)23(21)27-17-12-14-19(15-13-17)31-18-8-5-4-6-9-18/h7,10-16,18H,3-6,8-9H2,1-2H3,(H,26,27). The monoisotopic (exact) mass is 420 g/mol. The van der Waals surface area contributed by atoms with E-state index in [0.717, 1.165) is 29.7 Å². The van der Waals surface area contributed by atoms with Crippen molar-refractivity contribution in [2.45, 2.75) is 45.1 Å². The van der Waals surface area contributed by atoms with Gasteiger partial charge in [-0.25, -0.2) is 4.79 Å². The van der Waals surface area contributed by atoms with Gasteiger partial charge in [0.2, 0.25) is 0 Å². The van der Waals surface area contributed by atoms with Gasteiger partial charge in [0.15, 0.2) is 0 Å². The number of pyridine rings is 1. The van der Waals surface area contributed by atoms with Crippen molar-refractivity contribution in [3.63, 3.8) is 0 Å². The van der Waals surface area contributed by atoms with Gasteiger partial charge in [0.05, 0.1) is 25.5 Å². The Morgan fingerprint density at radius 1 is 1.10 bits per heavy atom. The lowest BCUT2D eigenvalue weighted by molar-refractivity contribution is 0.0527. The van der Waals surface area contributed by atoms with Crippen molar-refractivity contribution in [2.24, 2.45) is 0 Å². The number of carbonyl (C=O) groups is 1. The van der Waals surface area contributed by atoms with Crippen LogP contribution in [0.5, 0.6) is 11.5 Å². The van der Waals surface area contributed by atoms with E-state index in [2.05, 4.69) is 10.3 Å². The number of methoxy groups -OCH3 is 1. The van der Waals surface area contributed by atoms with Crippen molar-refractivity contribution in [3.05, 3.63) is 54.2 Å². The molecule has 0 aliphatic heterocycles. The van der Waals surface area contributed by atoms with E-state index in [0.29, 0.717) is 35.2 Å². The molecule has 0 saturated heterocycles. The fourth-order valence-corrected chi connectivity index (χ4v) is 4.00. The Kier molecular flexibility index (Phi) is 6.55. The number of esters is 1. The van der Waals surface area contributed by atoms with Gasteiger partial charge in [-0.3, -0.25) is 4.98 Å². The highest BCUT2D eigenvalue weighted by Gasteiger charge is 2.19. The molecule has 2 aromatic carbocycles. The van der Waals surface area contributed by atoms with E-state index in [1.165, 1.54) is 25.5 Å². The molecule has 1 aliphatic rings. The van der Waals surface area contributed by atoms with Crippen LogP contribution in [0.3, 0.4) is 0 Å². The summed E-state index contributed by atoms with van der Waals surface area (Å²) < 4.78 is 16.8. The van der Waals surface area contributed by atoms with Gasteiger partial charge in [0, 0.05) is 17.3 Å². The molecule has 0 amide bonds. The van der Waals surface area contributed by atoms with Crippen LogP contribution in [-0.2, 0) is 4.74 Å². The van der Waals surface area contributed by atoms with Crippen molar-refractivity contribution >= 4 is 28.2 Å². The third-order valence-corrected chi connectivity index (χ3v) is 5.55. The first-order valence-electron chi connectivity index (χ1n) is 10.9. The maximum atomic E-state index is 12.6. The molecule has 3 aromatic rings. The third kappa shape index (κ3) is 4.74. The number of fused-ring (bicyclic) bond motifs is 1. The lowest BCUT2D eigenvalue weighted by atomic mass is 9.98. The summed E-state index contributed by atoms with van der Waals surface area (Å²) >= 11 is 0. The maximum Gasteiger partial charge on any atom is 0.341 e. The second-order valence-corrected chi connectivity index (χ2v) is 7.65. The van der Waals surface area contributed by atoms with Gasteiger partial charge in [-0.15, -0.1) is 0 Å². The minimum absolute atomic E-state index is 0.293. The van der Waals surface area contributed by atoms with Gasteiger partial charge < -0.3 is 19.5 Å². The van der Waals surface area contributed by atoms with Gasteiger partial charge >= 0.3 is 5.97 Å². The molecular weight excluding hydrogens is 392 g/mol. The minimum Gasteiger partial charge on any atom is -0.494 e. The van der Waals surface area contributed by atoms with Gasteiger partial charge in [-0.2, -0.15) is 0 Å². The quantitative estimate of drug-likeness (QED) is 0.482. The van der Waals surface area contributed by atoms with Crippen LogP contribution in [0.15, 0.2) is 48.7 Å². The number of carbonyl (C=O) groups excluding carboxylic acids is 1. The number of anilines is 2. The summed E-state index contributed by atoms with van der Waals surface area (Å²) in [5, 5.41) is 4.17. The second-order valence-electron chi connectivity index (χ2n) is 7.65. The van der Waals surface area contributed by atoms with Crippen molar-refractivity contribution in [3.8, 4) is 11.5 Å². The van der Waals surface area contributed by atoms with Crippen LogP contribution in [-0.4, -0.2) is 30.8 Å². The van der Waals surface area contributed by atoms with E-state index in [-0.39, 0.29) is 0 Å². The Hall–Kier alpha value is -3.28. The van der Waals surface area contributed by atoms with Crippen LogP contribution in [0.25, 0.3) is 10.9 Å². The number of nitrogens with one attached hydrogen (secondary N) is 1. The highest BCUT2D eigenvalue weighted by molar-refractivity contribution is 6.07. The predicted octanol–water partition coefficient (Wildman–Crippen LogP) is 5.88. The number of aromatic nitrogens is 1. The summed E-state index contributed by atoms with van der Waals surface area (Å²) in [5.74, 6) is 1.09. The first kappa shape index (κ1) is 21.0. The zero-order valence-electron chi connectivity index (χ0n) is 18.0. The summed E-state index contributed by atoms with van der Waals surface area (Å²) in [6, 6.07) is 13.5. The van der Waals surface area contributed by atoms with Crippen LogP contribution in [0, 0.1) is 0 Å². The van der Waals surface area contributed by atoms with Gasteiger partial charge in [-0.1, -0.05) is 18.6 Å². The first-order chi connectivity index (χ1) is 15.2. The van der Waals surface area contributed by atoms with Crippen LogP contribution in [0.2, 0.25) is 0 Å². The van der Waals surface area contributed by atoms with E-state index in [1.54, 1.807) is 14.0 Å². The topological polar surface area (TPSA) is 69.7 Å². The Balaban J connectivity index is 1.64. The lowest BCUT2D eigenvalue weighted by Crippen LogP contribution is -2.19. The van der Waals surface area contributed by atoms with E-state index >= 15 is 0 Å². The molecule has 6 heteroatoms. The Bertz CT molecular complexity index is 1040. The van der Waals surface area contributed by atoms with E-state index in [9.17, 15) is 4.79 Å². The SMILES string of the molecule is CCOC(=O)c1cnc2c(OC)cccc2c1Nc1ccc(OC2CCCCC2)cc1. The number of nitrogens with zero attached hydrogens (tertiary/aromatic N) is 1. The van der Waals surface area contributed by atoms with Crippen molar-refractivity contribution in [2.75, 3.05) is 19.0 Å². The molecule has 1 fully saturated rings. The first-order valence-corrected chi connectivity index (χ1v) is 10.9. The second kappa shape index (κ2) is 9.69. The highest BCUT2D eigenvalue weighted by Crippen LogP contribution is 2.34. The molecule has 0 radical (unpaired) electrons. The molecule has 0 unspecified atom stereocenters. The average Bonchev–Trinajstić information content (AvgIpc) is 2.81. The summed E-state index contributed by atoms with van der Waals surface area (Å²) in [6.45, 7) is 2.08. The highest BCUT2D eigenvalue weighted by atomic mass is 16.5. The predicted molar refractivity (Wildman–Crippen MR) is 121 cm³/mol. The number of hydrogen-bond acceptors (Lipinski definition) is 6. The molecule has 6 nitrogen and oxygen atoms in total. The number of para-hydroxylation sites is 1. The molecule has 0 bridgehead atoms. The number of ether oxygens (including phenoxy) is 3. The fourth-order valence-electron chi connectivity index (χ4n) is 4.00. The van der Waals surface area contributed by atoms with Crippen LogP contribution < -0.4 is 14.8 Å². The number of hydrogen-bond donors (Lipinski definition) is 1.